The van der Waals surface area contributed by atoms with Crippen molar-refractivity contribution in [1.82, 2.24) is 19.2 Å². The molecule has 0 radical (unpaired) electrons. The van der Waals surface area contributed by atoms with Gasteiger partial charge in [0.25, 0.3) is 0 Å². The molecule has 0 bridgehead atoms. The van der Waals surface area contributed by atoms with Gasteiger partial charge in [0.05, 0.1) is 25.4 Å². The molecule has 0 fully saturated rings. The Bertz CT molecular complexity index is 771. The van der Waals surface area contributed by atoms with Crippen molar-refractivity contribution in [3.63, 3.8) is 0 Å². The Morgan fingerprint density at radius 2 is 2.29 bits per heavy atom. The number of carbonyl (C=O) groups is 1. The van der Waals surface area contributed by atoms with Crippen molar-refractivity contribution in [3.8, 4) is 11.3 Å². The fraction of sp³-hybridized carbons (Fsp3) is 0.357. The third-order valence-electron chi connectivity index (χ3n) is 3.35. The van der Waals surface area contributed by atoms with Crippen LogP contribution in [0.3, 0.4) is 0 Å². The van der Waals surface area contributed by atoms with Gasteiger partial charge < -0.3 is 4.74 Å². The standard InChI is InChI=1S/C14H16N4O2S/c1-3-17-7-10(6-15-17)12-8-18-11(4-5-13(19)20-2)9-21-14(18)16-12/h6-9H,3-5H2,1-2H3. The van der Waals surface area contributed by atoms with E-state index >= 15 is 0 Å². The van der Waals surface area contributed by atoms with Gasteiger partial charge in [-0.2, -0.15) is 5.10 Å². The van der Waals surface area contributed by atoms with Gasteiger partial charge in [0, 0.05) is 35.6 Å². The SMILES string of the molecule is CCn1cc(-c2cn3c(CCC(=O)OC)csc3n2)cn1. The number of carbonyl (C=O) groups excluding carboxylic acids is 1. The molecule has 0 unspecified atom stereocenters. The summed E-state index contributed by atoms with van der Waals surface area (Å²) >= 11 is 1.57. The summed E-state index contributed by atoms with van der Waals surface area (Å²) in [4.78, 5) is 16.8. The fourth-order valence-electron chi connectivity index (χ4n) is 2.15. The van der Waals surface area contributed by atoms with E-state index in [1.807, 2.05) is 40.0 Å². The first-order valence-electron chi connectivity index (χ1n) is 6.76. The molecule has 0 aromatic carbocycles. The number of thiazole rings is 1. The summed E-state index contributed by atoms with van der Waals surface area (Å²) in [5.41, 5.74) is 2.98. The third-order valence-corrected chi connectivity index (χ3v) is 4.24. The van der Waals surface area contributed by atoms with Crippen LogP contribution in [0, 0.1) is 0 Å². The van der Waals surface area contributed by atoms with E-state index in [1.165, 1.54) is 7.11 Å². The van der Waals surface area contributed by atoms with Crippen molar-refractivity contribution >= 4 is 22.3 Å². The lowest BCUT2D eigenvalue weighted by Gasteiger charge is -1.98. The predicted molar refractivity (Wildman–Crippen MR) is 80.3 cm³/mol. The minimum absolute atomic E-state index is 0.195. The van der Waals surface area contributed by atoms with Crippen molar-refractivity contribution in [3.05, 3.63) is 29.7 Å². The number of ether oxygens (including phenoxy) is 1. The number of rotatable bonds is 5. The molecular formula is C14H16N4O2S. The molecule has 0 amide bonds. The summed E-state index contributed by atoms with van der Waals surface area (Å²) in [5, 5.41) is 6.30. The van der Waals surface area contributed by atoms with Gasteiger partial charge in [0.2, 0.25) is 0 Å². The Kier molecular flexibility index (Phi) is 3.74. The number of aromatic nitrogens is 4. The maximum absolute atomic E-state index is 11.3. The van der Waals surface area contributed by atoms with Crippen LogP contribution in [-0.2, 0) is 22.5 Å². The van der Waals surface area contributed by atoms with Gasteiger partial charge in [-0.3, -0.25) is 13.9 Å². The minimum atomic E-state index is -0.195. The summed E-state index contributed by atoms with van der Waals surface area (Å²) in [7, 11) is 1.41. The molecule has 3 rings (SSSR count). The number of methoxy groups -OCH3 is 1. The number of hydrogen-bond acceptors (Lipinski definition) is 5. The Morgan fingerprint density at radius 1 is 1.43 bits per heavy atom. The van der Waals surface area contributed by atoms with Crippen LogP contribution in [0.4, 0.5) is 0 Å². The zero-order valence-electron chi connectivity index (χ0n) is 11.9. The Balaban J connectivity index is 1.86. The van der Waals surface area contributed by atoms with Crippen LogP contribution in [0.5, 0.6) is 0 Å². The van der Waals surface area contributed by atoms with Crippen LogP contribution in [0.1, 0.15) is 19.0 Å². The fourth-order valence-corrected chi connectivity index (χ4v) is 3.06. The predicted octanol–water partition coefficient (Wildman–Crippen LogP) is 2.38. The van der Waals surface area contributed by atoms with Crippen molar-refractivity contribution in [2.24, 2.45) is 0 Å². The lowest BCUT2D eigenvalue weighted by molar-refractivity contribution is -0.140. The molecule has 6 nitrogen and oxygen atoms in total. The average molecular weight is 304 g/mol. The lowest BCUT2D eigenvalue weighted by Crippen LogP contribution is -2.02. The van der Waals surface area contributed by atoms with Gasteiger partial charge in [-0.25, -0.2) is 4.98 Å². The summed E-state index contributed by atoms with van der Waals surface area (Å²) < 4.78 is 8.59. The minimum Gasteiger partial charge on any atom is -0.469 e. The van der Waals surface area contributed by atoms with E-state index in [0.29, 0.717) is 12.8 Å². The highest BCUT2D eigenvalue weighted by molar-refractivity contribution is 7.15. The monoisotopic (exact) mass is 304 g/mol. The normalized spacial score (nSPS) is 11.1. The second-order valence-electron chi connectivity index (χ2n) is 4.67. The highest BCUT2D eigenvalue weighted by atomic mass is 32.1. The largest absolute Gasteiger partial charge is 0.469 e. The molecular weight excluding hydrogens is 288 g/mol. The van der Waals surface area contributed by atoms with E-state index in [1.54, 1.807) is 11.3 Å². The van der Waals surface area contributed by atoms with E-state index in [9.17, 15) is 4.79 Å². The van der Waals surface area contributed by atoms with Gasteiger partial charge in [0.15, 0.2) is 4.96 Å². The zero-order valence-corrected chi connectivity index (χ0v) is 12.8. The molecule has 0 atom stereocenters. The number of fused-ring (bicyclic) bond motifs is 1. The molecule has 0 saturated heterocycles. The van der Waals surface area contributed by atoms with Gasteiger partial charge in [-0.05, 0) is 13.3 Å². The molecule has 110 valence electrons. The van der Waals surface area contributed by atoms with E-state index in [4.69, 9.17) is 0 Å². The summed E-state index contributed by atoms with van der Waals surface area (Å²) in [6.07, 6.45) is 6.83. The Labute approximate surface area is 126 Å². The smallest absolute Gasteiger partial charge is 0.305 e. The summed E-state index contributed by atoms with van der Waals surface area (Å²) in [6, 6.07) is 0. The van der Waals surface area contributed by atoms with Gasteiger partial charge in [0.1, 0.15) is 0 Å². The highest BCUT2D eigenvalue weighted by Crippen LogP contribution is 2.24. The molecule has 0 N–H and O–H groups in total. The molecule has 3 aromatic rings. The summed E-state index contributed by atoms with van der Waals surface area (Å²) in [5.74, 6) is -0.195. The molecule has 7 heteroatoms. The van der Waals surface area contributed by atoms with E-state index in [0.717, 1.165) is 28.5 Å². The van der Waals surface area contributed by atoms with Crippen molar-refractivity contribution < 1.29 is 9.53 Å². The maximum Gasteiger partial charge on any atom is 0.305 e. The van der Waals surface area contributed by atoms with Crippen LogP contribution in [0.15, 0.2) is 24.0 Å². The van der Waals surface area contributed by atoms with Gasteiger partial charge in [-0.15, -0.1) is 11.3 Å². The van der Waals surface area contributed by atoms with Crippen LogP contribution in [-0.4, -0.2) is 32.2 Å². The first-order chi connectivity index (χ1) is 10.2. The Morgan fingerprint density at radius 3 is 3.00 bits per heavy atom. The van der Waals surface area contributed by atoms with Crippen molar-refractivity contribution in [2.75, 3.05) is 7.11 Å². The van der Waals surface area contributed by atoms with E-state index in [-0.39, 0.29) is 5.97 Å². The van der Waals surface area contributed by atoms with E-state index < -0.39 is 0 Å². The highest BCUT2D eigenvalue weighted by Gasteiger charge is 2.12. The molecule has 0 aliphatic carbocycles. The molecule has 3 heterocycles. The molecule has 0 spiro atoms. The Hall–Kier alpha value is -2.15. The number of esters is 1. The molecule has 21 heavy (non-hydrogen) atoms. The lowest BCUT2D eigenvalue weighted by atomic mass is 10.2. The molecule has 0 saturated carbocycles. The average Bonchev–Trinajstić information content (AvgIpc) is 3.19. The second kappa shape index (κ2) is 5.69. The first kappa shape index (κ1) is 13.8. The zero-order chi connectivity index (χ0) is 14.8. The topological polar surface area (TPSA) is 61.4 Å². The second-order valence-corrected chi connectivity index (χ2v) is 5.50. The molecule has 3 aromatic heterocycles. The molecule has 0 aliphatic heterocycles. The van der Waals surface area contributed by atoms with Gasteiger partial charge >= 0.3 is 5.97 Å². The first-order valence-corrected chi connectivity index (χ1v) is 7.64. The van der Waals surface area contributed by atoms with Crippen molar-refractivity contribution in [2.45, 2.75) is 26.3 Å². The number of nitrogens with zero attached hydrogens (tertiary/aromatic N) is 4. The summed E-state index contributed by atoms with van der Waals surface area (Å²) in [6.45, 7) is 2.89. The van der Waals surface area contributed by atoms with Crippen LogP contribution < -0.4 is 0 Å². The van der Waals surface area contributed by atoms with Crippen LogP contribution >= 0.6 is 11.3 Å². The molecule has 0 aliphatic rings. The van der Waals surface area contributed by atoms with E-state index in [2.05, 4.69) is 14.8 Å². The quantitative estimate of drug-likeness (QED) is 0.679. The number of hydrogen-bond donors (Lipinski definition) is 0. The van der Waals surface area contributed by atoms with Crippen molar-refractivity contribution in [1.29, 1.82) is 0 Å². The number of aryl methyl sites for hydroxylation is 2. The third kappa shape index (κ3) is 2.69. The van der Waals surface area contributed by atoms with Crippen LogP contribution in [0.25, 0.3) is 16.2 Å². The maximum atomic E-state index is 11.3. The van der Waals surface area contributed by atoms with Crippen LogP contribution in [0.2, 0.25) is 0 Å². The number of imidazole rings is 1. The van der Waals surface area contributed by atoms with Gasteiger partial charge in [-0.1, -0.05) is 0 Å².